The zero-order valence-electron chi connectivity index (χ0n) is 15.8. The van der Waals surface area contributed by atoms with Crippen molar-refractivity contribution in [3.05, 3.63) is 29.3 Å². The summed E-state index contributed by atoms with van der Waals surface area (Å²) in [7, 11) is 0. The second kappa shape index (κ2) is 8.29. The number of carbonyl (C=O) groups excluding carboxylic acids is 4. The maximum atomic E-state index is 12.7. The smallest absolute Gasteiger partial charge is 0.305 e. The maximum Gasteiger partial charge on any atom is 0.305 e. The number of fused-ring (bicyclic) bond motifs is 1. The van der Waals surface area contributed by atoms with Crippen molar-refractivity contribution in [2.75, 3.05) is 6.61 Å². The first kappa shape index (κ1) is 20.3. The highest BCUT2D eigenvalue weighted by atomic mass is 16.5. The van der Waals surface area contributed by atoms with Crippen molar-refractivity contribution in [2.24, 2.45) is 0 Å². The van der Waals surface area contributed by atoms with Gasteiger partial charge in [-0.2, -0.15) is 0 Å². The van der Waals surface area contributed by atoms with Gasteiger partial charge in [-0.25, -0.2) is 0 Å². The van der Waals surface area contributed by atoms with Crippen LogP contribution in [0.15, 0.2) is 18.2 Å². The van der Waals surface area contributed by atoms with E-state index in [-0.39, 0.29) is 44.2 Å². The molecule has 29 heavy (non-hydrogen) atoms. The molecule has 10 nitrogen and oxygen atoms in total. The summed E-state index contributed by atoms with van der Waals surface area (Å²) in [6, 6.07) is 3.57. The number of amides is 4. The number of carboxylic acid groups (broad SMARTS) is 1. The van der Waals surface area contributed by atoms with Crippen LogP contribution >= 0.6 is 0 Å². The molecule has 1 saturated heterocycles. The van der Waals surface area contributed by atoms with Crippen LogP contribution in [0.25, 0.3) is 0 Å². The van der Waals surface area contributed by atoms with E-state index in [0.717, 1.165) is 0 Å². The van der Waals surface area contributed by atoms with E-state index in [0.29, 0.717) is 16.9 Å². The molecule has 0 saturated carbocycles. The molecule has 10 heteroatoms. The van der Waals surface area contributed by atoms with E-state index in [1.165, 1.54) is 4.90 Å². The molecule has 0 spiro atoms. The molecule has 0 radical (unpaired) electrons. The van der Waals surface area contributed by atoms with Crippen molar-refractivity contribution < 1.29 is 33.8 Å². The first-order valence-corrected chi connectivity index (χ1v) is 9.16. The molecule has 0 aliphatic carbocycles. The summed E-state index contributed by atoms with van der Waals surface area (Å²) in [6.45, 7) is 1.36. The molecular formula is C19H21N3O7. The van der Waals surface area contributed by atoms with Crippen molar-refractivity contribution in [3.8, 4) is 5.75 Å². The highest BCUT2D eigenvalue weighted by molar-refractivity contribution is 6.05. The molecule has 2 aliphatic heterocycles. The molecule has 3 rings (SSSR count). The third kappa shape index (κ3) is 4.53. The Morgan fingerprint density at radius 1 is 1.34 bits per heavy atom. The van der Waals surface area contributed by atoms with Crippen molar-refractivity contribution in [1.82, 2.24) is 15.5 Å². The van der Waals surface area contributed by atoms with Gasteiger partial charge in [-0.05, 0) is 25.5 Å². The number of hydrogen-bond acceptors (Lipinski definition) is 6. The van der Waals surface area contributed by atoms with Crippen LogP contribution < -0.4 is 15.4 Å². The SMILES string of the molecule is CC(CC(=O)O)NC(=O)COc1cccc2c1CN(C1CCC(=O)NC1=O)C2=O. The van der Waals surface area contributed by atoms with Crippen LogP contribution in [-0.4, -0.2) is 58.3 Å². The van der Waals surface area contributed by atoms with Gasteiger partial charge < -0.3 is 20.1 Å². The van der Waals surface area contributed by atoms with Gasteiger partial charge in [0.25, 0.3) is 11.8 Å². The standard InChI is InChI=1S/C19H21N3O7/c1-10(7-17(25)26)20-16(24)9-29-14-4-2-3-11-12(14)8-22(19(11)28)13-5-6-15(23)21-18(13)27/h2-4,10,13H,5-9H2,1H3,(H,20,24)(H,25,26)(H,21,23,27). The number of rotatable bonds is 7. The van der Waals surface area contributed by atoms with E-state index >= 15 is 0 Å². The zero-order chi connectivity index (χ0) is 21.1. The van der Waals surface area contributed by atoms with E-state index in [2.05, 4.69) is 10.6 Å². The maximum absolute atomic E-state index is 12.7. The minimum atomic E-state index is -1.02. The largest absolute Gasteiger partial charge is 0.483 e. The van der Waals surface area contributed by atoms with Gasteiger partial charge in [0.1, 0.15) is 11.8 Å². The van der Waals surface area contributed by atoms with Gasteiger partial charge in [0.05, 0.1) is 13.0 Å². The summed E-state index contributed by atoms with van der Waals surface area (Å²) in [5.74, 6) is -2.36. The Bertz CT molecular complexity index is 883. The first-order chi connectivity index (χ1) is 13.8. The van der Waals surface area contributed by atoms with Crippen LogP contribution in [0.4, 0.5) is 0 Å². The molecule has 1 aromatic carbocycles. The average molecular weight is 403 g/mol. The Morgan fingerprint density at radius 3 is 2.79 bits per heavy atom. The van der Waals surface area contributed by atoms with E-state index < -0.39 is 29.9 Å². The monoisotopic (exact) mass is 403 g/mol. The summed E-state index contributed by atoms with van der Waals surface area (Å²) >= 11 is 0. The Labute approximate surface area is 166 Å². The molecule has 1 aromatic rings. The molecule has 2 aliphatic rings. The Kier molecular flexibility index (Phi) is 5.81. The lowest BCUT2D eigenvalue weighted by Gasteiger charge is -2.29. The van der Waals surface area contributed by atoms with Crippen molar-refractivity contribution in [2.45, 2.75) is 44.8 Å². The summed E-state index contributed by atoms with van der Waals surface area (Å²) < 4.78 is 5.55. The molecule has 3 N–H and O–H groups in total. The number of imide groups is 1. The molecule has 154 valence electrons. The predicted octanol–water partition coefficient (Wildman–Crippen LogP) is -0.194. The average Bonchev–Trinajstić information content (AvgIpc) is 2.96. The van der Waals surface area contributed by atoms with E-state index in [1.54, 1.807) is 25.1 Å². The molecule has 1 fully saturated rings. The number of piperidine rings is 1. The lowest BCUT2D eigenvalue weighted by molar-refractivity contribution is -0.138. The van der Waals surface area contributed by atoms with E-state index in [9.17, 15) is 24.0 Å². The molecule has 2 unspecified atom stereocenters. The fourth-order valence-corrected chi connectivity index (χ4v) is 3.47. The molecule has 0 bridgehead atoms. The number of aliphatic carboxylic acids is 1. The molecule has 0 aromatic heterocycles. The van der Waals surface area contributed by atoms with Gasteiger partial charge >= 0.3 is 5.97 Å². The van der Waals surface area contributed by atoms with E-state index in [1.807, 2.05) is 0 Å². The van der Waals surface area contributed by atoms with Crippen LogP contribution in [0.2, 0.25) is 0 Å². The minimum absolute atomic E-state index is 0.133. The highest BCUT2D eigenvalue weighted by Crippen LogP contribution is 2.33. The summed E-state index contributed by atoms with van der Waals surface area (Å²) in [6.07, 6.45) is 0.209. The highest BCUT2D eigenvalue weighted by Gasteiger charge is 2.40. The Hall–Kier alpha value is -3.43. The summed E-state index contributed by atoms with van der Waals surface area (Å²) in [4.78, 5) is 60.2. The molecular weight excluding hydrogens is 382 g/mol. The van der Waals surface area contributed by atoms with Crippen LogP contribution in [0.3, 0.4) is 0 Å². The van der Waals surface area contributed by atoms with Crippen LogP contribution in [0, 0.1) is 0 Å². The van der Waals surface area contributed by atoms with Gasteiger partial charge in [-0.15, -0.1) is 0 Å². The van der Waals surface area contributed by atoms with Gasteiger partial charge in [0.15, 0.2) is 6.61 Å². The van der Waals surface area contributed by atoms with Crippen molar-refractivity contribution in [1.29, 1.82) is 0 Å². The van der Waals surface area contributed by atoms with Gasteiger partial charge in [0.2, 0.25) is 11.8 Å². The fourth-order valence-electron chi connectivity index (χ4n) is 3.47. The Balaban J connectivity index is 1.66. The summed E-state index contributed by atoms with van der Waals surface area (Å²) in [5.41, 5.74) is 0.945. The second-order valence-electron chi connectivity index (χ2n) is 7.04. The van der Waals surface area contributed by atoms with Gasteiger partial charge in [0, 0.05) is 23.6 Å². The lowest BCUT2D eigenvalue weighted by Crippen LogP contribution is -2.52. The normalized spacial score (nSPS) is 19.4. The molecule has 4 amide bonds. The fraction of sp³-hybridized carbons (Fsp3) is 0.421. The van der Waals surface area contributed by atoms with Gasteiger partial charge in [-0.3, -0.25) is 29.3 Å². The zero-order valence-corrected chi connectivity index (χ0v) is 15.8. The predicted molar refractivity (Wildman–Crippen MR) is 97.8 cm³/mol. The van der Waals surface area contributed by atoms with Crippen molar-refractivity contribution >= 4 is 29.6 Å². The quantitative estimate of drug-likeness (QED) is 0.536. The Morgan fingerprint density at radius 2 is 2.10 bits per heavy atom. The van der Waals surface area contributed by atoms with E-state index in [4.69, 9.17) is 9.84 Å². The van der Waals surface area contributed by atoms with Crippen LogP contribution in [0.1, 0.15) is 42.1 Å². The lowest BCUT2D eigenvalue weighted by atomic mass is 10.0. The first-order valence-electron chi connectivity index (χ1n) is 9.16. The number of nitrogens with zero attached hydrogens (tertiary/aromatic N) is 1. The second-order valence-corrected chi connectivity index (χ2v) is 7.04. The number of nitrogens with one attached hydrogen (secondary N) is 2. The summed E-state index contributed by atoms with van der Waals surface area (Å²) in [5, 5.41) is 13.5. The molecule has 2 atom stereocenters. The van der Waals surface area contributed by atoms with Crippen LogP contribution in [-0.2, 0) is 25.7 Å². The number of carboxylic acids is 1. The topological polar surface area (TPSA) is 142 Å². The number of hydrogen-bond donors (Lipinski definition) is 3. The number of benzene rings is 1. The molecule has 2 heterocycles. The number of carbonyl (C=O) groups is 5. The minimum Gasteiger partial charge on any atom is -0.483 e. The van der Waals surface area contributed by atoms with Crippen molar-refractivity contribution in [3.63, 3.8) is 0 Å². The third-order valence-corrected chi connectivity index (χ3v) is 4.79. The third-order valence-electron chi connectivity index (χ3n) is 4.79. The number of ether oxygens (including phenoxy) is 1. The van der Waals surface area contributed by atoms with Gasteiger partial charge in [-0.1, -0.05) is 6.07 Å². The van der Waals surface area contributed by atoms with Crippen LogP contribution in [0.5, 0.6) is 5.75 Å².